The fraction of sp³-hybridized carbons (Fsp3) is 0.600. The highest BCUT2D eigenvalue weighted by Gasteiger charge is 2.24. The van der Waals surface area contributed by atoms with Gasteiger partial charge in [0.05, 0.1) is 4.88 Å². The summed E-state index contributed by atoms with van der Waals surface area (Å²) in [5, 5.41) is 7.57. The van der Waals surface area contributed by atoms with Crippen LogP contribution in [0.15, 0.2) is 17.5 Å². The zero-order valence-corrected chi connectivity index (χ0v) is 13.3. The number of amides is 2. The van der Waals surface area contributed by atoms with Crippen molar-refractivity contribution in [1.82, 2.24) is 10.6 Å². The average Bonchev–Trinajstić information content (AvgIpc) is 2.94. The minimum atomic E-state index is -0.480. The highest BCUT2D eigenvalue weighted by Crippen LogP contribution is 2.10. The molecule has 0 bridgehead atoms. The van der Waals surface area contributed by atoms with Crippen molar-refractivity contribution in [2.24, 2.45) is 5.92 Å². The SMILES string of the molecule is CCCCCNC(=O)C(NC(=O)c1cccs1)C(C)C. The van der Waals surface area contributed by atoms with Gasteiger partial charge in [-0.25, -0.2) is 0 Å². The molecule has 5 heteroatoms. The number of nitrogens with one attached hydrogen (secondary N) is 2. The Morgan fingerprint density at radius 1 is 1.30 bits per heavy atom. The van der Waals surface area contributed by atoms with Crippen LogP contribution >= 0.6 is 11.3 Å². The van der Waals surface area contributed by atoms with Crippen LogP contribution in [-0.4, -0.2) is 24.4 Å². The summed E-state index contributed by atoms with van der Waals surface area (Å²) in [5.74, 6) is -0.214. The van der Waals surface area contributed by atoms with Gasteiger partial charge in [-0.3, -0.25) is 9.59 Å². The molecule has 1 atom stereocenters. The van der Waals surface area contributed by atoms with E-state index in [4.69, 9.17) is 0 Å². The molecule has 112 valence electrons. The van der Waals surface area contributed by atoms with Crippen molar-refractivity contribution in [2.45, 2.75) is 46.1 Å². The number of carbonyl (C=O) groups is 2. The molecule has 4 nitrogen and oxygen atoms in total. The molecule has 1 rings (SSSR count). The number of carbonyl (C=O) groups excluding carboxylic acids is 2. The molecule has 0 saturated carbocycles. The Balaban J connectivity index is 2.51. The van der Waals surface area contributed by atoms with Crippen LogP contribution in [0, 0.1) is 5.92 Å². The van der Waals surface area contributed by atoms with Gasteiger partial charge in [-0.1, -0.05) is 39.7 Å². The lowest BCUT2D eigenvalue weighted by Gasteiger charge is -2.21. The fourth-order valence-corrected chi connectivity index (χ4v) is 2.48. The number of thiophene rings is 1. The Morgan fingerprint density at radius 2 is 2.05 bits per heavy atom. The molecule has 2 amide bonds. The molecule has 1 aromatic rings. The monoisotopic (exact) mass is 296 g/mol. The van der Waals surface area contributed by atoms with Crippen molar-refractivity contribution in [3.63, 3.8) is 0 Å². The highest BCUT2D eigenvalue weighted by molar-refractivity contribution is 7.12. The first-order chi connectivity index (χ1) is 9.56. The summed E-state index contributed by atoms with van der Waals surface area (Å²) < 4.78 is 0. The molecule has 0 aromatic carbocycles. The van der Waals surface area contributed by atoms with E-state index in [0.29, 0.717) is 11.4 Å². The third-order valence-corrected chi connectivity index (χ3v) is 3.93. The molecule has 0 aliphatic rings. The summed E-state index contributed by atoms with van der Waals surface area (Å²) in [7, 11) is 0. The van der Waals surface area contributed by atoms with Gasteiger partial charge in [-0.2, -0.15) is 0 Å². The smallest absolute Gasteiger partial charge is 0.262 e. The Morgan fingerprint density at radius 3 is 2.60 bits per heavy atom. The van der Waals surface area contributed by atoms with Gasteiger partial charge in [0, 0.05) is 6.54 Å². The molecule has 1 aromatic heterocycles. The van der Waals surface area contributed by atoms with E-state index < -0.39 is 6.04 Å². The zero-order valence-electron chi connectivity index (χ0n) is 12.4. The maximum Gasteiger partial charge on any atom is 0.262 e. The van der Waals surface area contributed by atoms with Gasteiger partial charge in [0.15, 0.2) is 0 Å². The van der Waals surface area contributed by atoms with Gasteiger partial charge in [-0.15, -0.1) is 11.3 Å². The van der Waals surface area contributed by atoms with E-state index in [1.54, 1.807) is 6.07 Å². The number of hydrogen-bond acceptors (Lipinski definition) is 3. The van der Waals surface area contributed by atoms with Crippen LogP contribution in [0.5, 0.6) is 0 Å². The topological polar surface area (TPSA) is 58.2 Å². The molecular formula is C15H24N2O2S. The molecule has 0 spiro atoms. The summed E-state index contributed by atoms with van der Waals surface area (Å²) in [5.41, 5.74) is 0. The van der Waals surface area contributed by atoms with Crippen molar-refractivity contribution >= 4 is 23.2 Å². The van der Waals surface area contributed by atoms with Gasteiger partial charge >= 0.3 is 0 Å². The van der Waals surface area contributed by atoms with Crippen molar-refractivity contribution in [3.05, 3.63) is 22.4 Å². The Labute approximate surface area is 125 Å². The van der Waals surface area contributed by atoms with E-state index in [1.165, 1.54) is 11.3 Å². The second-order valence-electron chi connectivity index (χ2n) is 5.17. The third kappa shape index (κ3) is 5.33. The number of unbranched alkanes of at least 4 members (excludes halogenated alkanes) is 2. The molecule has 1 heterocycles. The van der Waals surface area contributed by atoms with E-state index in [1.807, 2.05) is 25.3 Å². The molecule has 2 N–H and O–H groups in total. The summed E-state index contributed by atoms with van der Waals surface area (Å²) in [6, 6.07) is 3.11. The van der Waals surface area contributed by atoms with Crippen LogP contribution in [0.1, 0.15) is 49.7 Å². The lowest BCUT2D eigenvalue weighted by atomic mass is 10.0. The fourth-order valence-electron chi connectivity index (χ4n) is 1.85. The Bertz CT molecular complexity index is 416. The second-order valence-corrected chi connectivity index (χ2v) is 6.12. The molecule has 20 heavy (non-hydrogen) atoms. The second kappa shape index (κ2) is 8.74. The van der Waals surface area contributed by atoms with Crippen LogP contribution in [0.2, 0.25) is 0 Å². The van der Waals surface area contributed by atoms with Gasteiger partial charge in [-0.05, 0) is 23.8 Å². The average molecular weight is 296 g/mol. The lowest BCUT2D eigenvalue weighted by Crippen LogP contribution is -2.49. The summed E-state index contributed by atoms with van der Waals surface area (Å²) in [4.78, 5) is 24.8. The first-order valence-corrected chi connectivity index (χ1v) is 8.06. The molecule has 0 fully saturated rings. The van der Waals surface area contributed by atoms with E-state index >= 15 is 0 Å². The minimum absolute atomic E-state index is 0.0603. The van der Waals surface area contributed by atoms with Crippen LogP contribution in [0.4, 0.5) is 0 Å². The van der Waals surface area contributed by atoms with E-state index in [2.05, 4.69) is 17.6 Å². The van der Waals surface area contributed by atoms with Crippen LogP contribution in [0.25, 0.3) is 0 Å². The van der Waals surface area contributed by atoms with Crippen LogP contribution in [-0.2, 0) is 4.79 Å². The van der Waals surface area contributed by atoms with Crippen molar-refractivity contribution < 1.29 is 9.59 Å². The van der Waals surface area contributed by atoms with E-state index in [0.717, 1.165) is 19.3 Å². The van der Waals surface area contributed by atoms with Gasteiger partial charge in [0.2, 0.25) is 5.91 Å². The maximum absolute atomic E-state index is 12.1. The first-order valence-electron chi connectivity index (χ1n) is 7.18. The molecule has 1 unspecified atom stereocenters. The Kier molecular flexibility index (Phi) is 7.30. The molecule has 0 saturated heterocycles. The van der Waals surface area contributed by atoms with E-state index in [9.17, 15) is 9.59 Å². The van der Waals surface area contributed by atoms with Crippen molar-refractivity contribution in [1.29, 1.82) is 0 Å². The molecule has 0 radical (unpaired) electrons. The highest BCUT2D eigenvalue weighted by atomic mass is 32.1. The molecular weight excluding hydrogens is 272 g/mol. The largest absolute Gasteiger partial charge is 0.354 e. The summed E-state index contributed by atoms with van der Waals surface area (Å²) in [6.07, 6.45) is 3.21. The molecule has 0 aliphatic heterocycles. The summed E-state index contributed by atoms with van der Waals surface area (Å²) in [6.45, 7) is 6.67. The standard InChI is InChI=1S/C15H24N2O2S/c1-4-5-6-9-16-15(19)13(11(2)3)17-14(18)12-8-7-10-20-12/h7-8,10-11,13H,4-6,9H2,1-3H3,(H,16,19)(H,17,18). The predicted molar refractivity (Wildman–Crippen MR) is 82.9 cm³/mol. The minimum Gasteiger partial charge on any atom is -0.354 e. The van der Waals surface area contributed by atoms with Crippen molar-refractivity contribution in [2.75, 3.05) is 6.54 Å². The van der Waals surface area contributed by atoms with Gasteiger partial charge in [0.25, 0.3) is 5.91 Å². The Hall–Kier alpha value is -1.36. The van der Waals surface area contributed by atoms with Crippen molar-refractivity contribution in [3.8, 4) is 0 Å². The van der Waals surface area contributed by atoms with E-state index in [-0.39, 0.29) is 17.7 Å². The number of hydrogen-bond donors (Lipinski definition) is 2. The summed E-state index contributed by atoms with van der Waals surface area (Å²) >= 11 is 1.38. The molecule has 0 aliphatic carbocycles. The zero-order chi connectivity index (χ0) is 15.0. The quantitative estimate of drug-likeness (QED) is 0.725. The lowest BCUT2D eigenvalue weighted by molar-refractivity contribution is -0.123. The van der Waals surface area contributed by atoms with Crippen LogP contribution in [0.3, 0.4) is 0 Å². The maximum atomic E-state index is 12.1. The normalized spacial score (nSPS) is 12.2. The van der Waals surface area contributed by atoms with Crippen LogP contribution < -0.4 is 10.6 Å². The van der Waals surface area contributed by atoms with Gasteiger partial charge < -0.3 is 10.6 Å². The first kappa shape index (κ1) is 16.7. The van der Waals surface area contributed by atoms with Gasteiger partial charge in [0.1, 0.15) is 6.04 Å². The predicted octanol–water partition coefficient (Wildman–Crippen LogP) is 2.81. The third-order valence-electron chi connectivity index (χ3n) is 3.06. The number of rotatable bonds is 8.